The molecule has 0 unspecified atom stereocenters. The van der Waals surface area contributed by atoms with Crippen LogP contribution in [0.3, 0.4) is 0 Å². The van der Waals surface area contributed by atoms with Gasteiger partial charge in [0.15, 0.2) is 5.82 Å². The molecule has 1 fully saturated rings. The minimum Gasteiger partial charge on any atom is -0.333 e. The molecule has 3 aromatic rings. The molecule has 0 aliphatic heterocycles. The summed E-state index contributed by atoms with van der Waals surface area (Å²) in [7, 11) is -3.57. The zero-order valence-corrected chi connectivity index (χ0v) is 15.4. The van der Waals surface area contributed by atoms with Crippen LogP contribution in [0.25, 0.3) is 10.8 Å². The van der Waals surface area contributed by atoms with Gasteiger partial charge >= 0.3 is 0 Å². The molecule has 0 bridgehead atoms. The molecule has 1 N–H and O–H groups in total. The molecule has 1 aliphatic rings. The molecule has 0 spiro atoms. The second kappa shape index (κ2) is 6.44. The van der Waals surface area contributed by atoms with Crippen LogP contribution in [-0.4, -0.2) is 18.6 Å². The molecule has 0 radical (unpaired) electrons. The molecule has 1 aromatic carbocycles. The number of anilines is 1. The number of sulfonamides is 1. The number of rotatable bonds is 6. The highest BCUT2D eigenvalue weighted by molar-refractivity contribution is 7.92. The number of halogens is 1. The summed E-state index contributed by atoms with van der Waals surface area (Å²) in [6.07, 6.45) is 2.15. The van der Waals surface area contributed by atoms with Crippen LogP contribution >= 0.6 is 22.9 Å². The Kier molecular flexibility index (Phi) is 4.26. The van der Waals surface area contributed by atoms with E-state index < -0.39 is 10.0 Å². The maximum atomic E-state index is 12.5. The van der Waals surface area contributed by atoms with E-state index in [-0.39, 0.29) is 5.75 Å². The van der Waals surface area contributed by atoms with Gasteiger partial charge in [0.05, 0.1) is 11.4 Å². The standard InChI is InChI=1S/C16H14ClN3O3S2/c17-12-5-1-10(2-6-12)9-25(21,22)20-13-7-8-24-14(13)16-18-15(19-23-16)11-3-4-11/h1-2,5-8,11,20H,3-4,9H2. The van der Waals surface area contributed by atoms with Gasteiger partial charge in [0.2, 0.25) is 10.0 Å². The van der Waals surface area contributed by atoms with E-state index >= 15 is 0 Å². The Balaban J connectivity index is 1.54. The summed E-state index contributed by atoms with van der Waals surface area (Å²) in [4.78, 5) is 5.01. The highest BCUT2D eigenvalue weighted by Crippen LogP contribution is 2.40. The summed E-state index contributed by atoms with van der Waals surface area (Å²) in [5.41, 5.74) is 1.10. The van der Waals surface area contributed by atoms with Gasteiger partial charge in [0.25, 0.3) is 5.89 Å². The normalized spacial score (nSPS) is 14.6. The number of aromatic nitrogens is 2. The van der Waals surface area contributed by atoms with Crippen LogP contribution in [0.1, 0.15) is 30.1 Å². The summed E-state index contributed by atoms with van der Waals surface area (Å²) in [5.74, 6) is 1.28. The van der Waals surface area contributed by atoms with Crippen molar-refractivity contribution in [1.29, 1.82) is 0 Å². The first kappa shape index (κ1) is 16.6. The second-order valence-corrected chi connectivity index (χ2v) is 8.96. The minimum absolute atomic E-state index is 0.142. The number of thiophene rings is 1. The summed E-state index contributed by atoms with van der Waals surface area (Å²) < 4.78 is 32.8. The van der Waals surface area contributed by atoms with Gasteiger partial charge in [-0.2, -0.15) is 4.98 Å². The Morgan fingerprint density at radius 3 is 2.72 bits per heavy atom. The number of hydrogen-bond acceptors (Lipinski definition) is 6. The van der Waals surface area contributed by atoms with Crippen LogP contribution < -0.4 is 4.72 Å². The quantitative estimate of drug-likeness (QED) is 0.673. The molecule has 2 aromatic heterocycles. The first-order valence-electron chi connectivity index (χ1n) is 7.66. The SMILES string of the molecule is O=S(=O)(Cc1ccc(Cl)cc1)Nc1ccsc1-c1nc(C2CC2)no1. The largest absolute Gasteiger partial charge is 0.333 e. The van der Waals surface area contributed by atoms with Gasteiger partial charge in [-0.1, -0.05) is 28.9 Å². The lowest BCUT2D eigenvalue weighted by atomic mass is 10.2. The first-order valence-corrected chi connectivity index (χ1v) is 10.6. The van der Waals surface area contributed by atoms with Gasteiger partial charge in [-0.05, 0) is 42.0 Å². The smallest absolute Gasteiger partial charge is 0.270 e. The van der Waals surface area contributed by atoms with Crippen LogP contribution in [0, 0.1) is 0 Å². The lowest BCUT2D eigenvalue weighted by molar-refractivity contribution is 0.423. The zero-order valence-electron chi connectivity index (χ0n) is 13.0. The van der Waals surface area contributed by atoms with Crippen molar-refractivity contribution in [3.05, 3.63) is 52.1 Å². The van der Waals surface area contributed by atoms with Gasteiger partial charge < -0.3 is 4.52 Å². The molecule has 0 atom stereocenters. The van der Waals surface area contributed by atoms with Crippen LogP contribution in [0.4, 0.5) is 5.69 Å². The van der Waals surface area contributed by atoms with E-state index in [0.717, 1.165) is 12.8 Å². The average molecular weight is 396 g/mol. The van der Waals surface area contributed by atoms with Crippen molar-refractivity contribution < 1.29 is 12.9 Å². The fourth-order valence-electron chi connectivity index (χ4n) is 2.39. The summed E-state index contributed by atoms with van der Waals surface area (Å²) in [6.45, 7) is 0. The van der Waals surface area contributed by atoms with Crippen LogP contribution in [0.2, 0.25) is 5.02 Å². The number of benzene rings is 1. The molecular formula is C16H14ClN3O3S2. The summed E-state index contributed by atoms with van der Waals surface area (Å²) in [5, 5.41) is 6.33. The van der Waals surface area contributed by atoms with Crippen molar-refractivity contribution in [3.8, 4) is 10.8 Å². The fourth-order valence-corrected chi connectivity index (χ4v) is 4.56. The van der Waals surface area contributed by atoms with Crippen molar-refractivity contribution in [2.75, 3.05) is 4.72 Å². The summed E-state index contributed by atoms with van der Waals surface area (Å²) in [6, 6.07) is 8.41. The Morgan fingerprint density at radius 2 is 2.00 bits per heavy atom. The Morgan fingerprint density at radius 1 is 1.24 bits per heavy atom. The third kappa shape index (κ3) is 3.86. The first-order chi connectivity index (χ1) is 12.0. The van der Waals surface area contributed by atoms with E-state index in [1.54, 1.807) is 35.7 Å². The third-order valence-corrected chi connectivity index (χ3v) is 6.18. The van der Waals surface area contributed by atoms with E-state index in [1.165, 1.54) is 11.3 Å². The van der Waals surface area contributed by atoms with Crippen molar-refractivity contribution >= 4 is 38.6 Å². The van der Waals surface area contributed by atoms with Gasteiger partial charge in [-0.25, -0.2) is 8.42 Å². The monoisotopic (exact) mass is 395 g/mol. The maximum absolute atomic E-state index is 12.5. The molecule has 2 heterocycles. The van der Waals surface area contributed by atoms with Crippen molar-refractivity contribution in [2.45, 2.75) is 24.5 Å². The Hall–Kier alpha value is -1.90. The van der Waals surface area contributed by atoms with Gasteiger partial charge in [-0.15, -0.1) is 11.3 Å². The number of nitrogens with zero attached hydrogens (tertiary/aromatic N) is 2. The van der Waals surface area contributed by atoms with Gasteiger partial charge in [0, 0.05) is 10.9 Å². The van der Waals surface area contributed by atoms with E-state index in [1.807, 2.05) is 0 Å². The molecule has 0 saturated heterocycles. The molecule has 1 saturated carbocycles. The van der Waals surface area contributed by atoms with Crippen molar-refractivity contribution in [1.82, 2.24) is 10.1 Å². The molecule has 0 amide bonds. The van der Waals surface area contributed by atoms with Crippen LogP contribution in [0.15, 0.2) is 40.2 Å². The average Bonchev–Trinajstić information content (AvgIpc) is 3.12. The Labute approximate surface area is 153 Å². The maximum Gasteiger partial charge on any atom is 0.270 e. The molecule has 4 rings (SSSR count). The van der Waals surface area contributed by atoms with E-state index in [9.17, 15) is 8.42 Å². The lowest BCUT2D eigenvalue weighted by Gasteiger charge is -2.08. The Bertz CT molecular complexity index is 992. The highest BCUT2D eigenvalue weighted by Gasteiger charge is 2.29. The predicted molar refractivity (Wildman–Crippen MR) is 97.3 cm³/mol. The zero-order chi connectivity index (χ0) is 17.4. The molecule has 1 aliphatic carbocycles. The number of nitrogens with one attached hydrogen (secondary N) is 1. The van der Waals surface area contributed by atoms with Gasteiger partial charge in [-0.3, -0.25) is 4.72 Å². The predicted octanol–water partition coefficient (Wildman–Crippen LogP) is 4.27. The third-order valence-electron chi connectivity index (χ3n) is 3.78. The highest BCUT2D eigenvalue weighted by atomic mass is 35.5. The molecule has 25 heavy (non-hydrogen) atoms. The van der Waals surface area contributed by atoms with Crippen LogP contribution in [0.5, 0.6) is 0 Å². The van der Waals surface area contributed by atoms with Gasteiger partial charge in [0.1, 0.15) is 4.88 Å². The second-order valence-electron chi connectivity index (χ2n) is 5.88. The number of hydrogen-bond donors (Lipinski definition) is 1. The van der Waals surface area contributed by atoms with E-state index in [0.29, 0.717) is 38.8 Å². The summed E-state index contributed by atoms with van der Waals surface area (Å²) >= 11 is 7.18. The van der Waals surface area contributed by atoms with Crippen molar-refractivity contribution in [2.24, 2.45) is 0 Å². The topological polar surface area (TPSA) is 85.1 Å². The molecule has 130 valence electrons. The van der Waals surface area contributed by atoms with E-state index in [2.05, 4.69) is 14.9 Å². The minimum atomic E-state index is -3.57. The van der Waals surface area contributed by atoms with Crippen LogP contribution in [-0.2, 0) is 15.8 Å². The fraction of sp³-hybridized carbons (Fsp3) is 0.250. The lowest BCUT2D eigenvalue weighted by Crippen LogP contribution is -2.15. The molecular weight excluding hydrogens is 382 g/mol. The van der Waals surface area contributed by atoms with Crippen molar-refractivity contribution in [3.63, 3.8) is 0 Å². The van der Waals surface area contributed by atoms with E-state index in [4.69, 9.17) is 16.1 Å². The molecule has 6 nitrogen and oxygen atoms in total. The molecule has 9 heteroatoms.